The van der Waals surface area contributed by atoms with Gasteiger partial charge < -0.3 is 9.47 Å². The fourth-order valence-corrected chi connectivity index (χ4v) is 2.08. The van der Waals surface area contributed by atoms with Crippen molar-refractivity contribution in [1.29, 1.82) is 0 Å². The van der Waals surface area contributed by atoms with Crippen molar-refractivity contribution in [2.45, 2.75) is 13.0 Å². The topological polar surface area (TPSA) is 6.48 Å². The summed E-state index contributed by atoms with van der Waals surface area (Å²) in [5, 5.41) is 0. The largest absolute Gasteiger partial charge is 0.324 e. The van der Waals surface area contributed by atoms with E-state index in [-0.39, 0.29) is 0 Å². The number of rotatable bonds is 2. The molecular weight excluding hydrogens is 152 g/mol. The van der Waals surface area contributed by atoms with Gasteiger partial charge in [0.25, 0.3) is 0 Å². The average Bonchev–Trinajstić information content (AvgIpc) is 2.05. The van der Waals surface area contributed by atoms with Gasteiger partial charge in [0.05, 0.1) is 10.4 Å². The lowest BCUT2D eigenvalue weighted by molar-refractivity contribution is 0.166. The third-order valence-electron chi connectivity index (χ3n) is 2.50. The minimum atomic E-state index is 0.621. The second kappa shape index (κ2) is 4.04. The predicted octanol–water partition coefficient (Wildman–Crippen LogP) is -0.541. The van der Waals surface area contributed by atoms with E-state index in [9.17, 15) is 0 Å². The SMILES string of the molecule is C=CC1CN(CC)CCN1[SiH3]. The van der Waals surface area contributed by atoms with Crippen molar-refractivity contribution in [3.63, 3.8) is 0 Å². The zero-order chi connectivity index (χ0) is 8.27. The van der Waals surface area contributed by atoms with E-state index in [4.69, 9.17) is 0 Å². The third kappa shape index (κ3) is 2.15. The van der Waals surface area contributed by atoms with Gasteiger partial charge in [-0.1, -0.05) is 13.0 Å². The monoisotopic (exact) mass is 170 g/mol. The van der Waals surface area contributed by atoms with Gasteiger partial charge in [-0.25, -0.2) is 0 Å². The summed E-state index contributed by atoms with van der Waals surface area (Å²) in [6.07, 6.45) is 2.08. The molecule has 0 aromatic heterocycles. The number of nitrogens with zero attached hydrogens (tertiary/aromatic N) is 2. The molecule has 1 atom stereocenters. The average molecular weight is 170 g/mol. The Bertz CT molecular complexity index is 138. The Morgan fingerprint density at radius 1 is 1.64 bits per heavy atom. The van der Waals surface area contributed by atoms with Crippen LogP contribution in [0.2, 0.25) is 0 Å². The molecular formula is C8H18N2Si. The highest BCUT2D eigenvalue weighted by atomic mass is 28.2. The maximum absolute atomic E-state index is 3.86. The molecule has 1 aliphatic heterocycles. The van der Waals surface area contributed by atoms with Crippen molar-refractivity contribution in [3.8, 4) is 0 Å². The van der Waals surface area contributed by atoms with Crippen LogP contribution in [0.4, 0.5) is 0 Å². The van der Waals surface area contributed by atoms with Gasteiger partial charge in [0.2, 0.25) is 0 Å². The molecule has 3 heteroatoms. The molecule has 1 unspecified atom stereocenters. The molecule has 1 rings (SSSR count). The lowest BCUT2D eigenvalue weighted by Crippen LogP contribution is -2.50. The normalized spacial score (nSPS) is 29.0. The lowest BCUT2D eigenvalue weighted by Gasteiger charge is -2.37. The van der Waals surface area contributed by atoms with Gasteiger partial charge in [-0.15, -0.1) is 6.58 Å². The fourth-order valence-electron chi connectivity index (χ4n) is 1.50. The molecule has 0 spiro atoms. The molecule has 0 aromatic rings. The van der Waals surface area contributed by atoms with E-state index >= 15 is 0 Å². The first-order valence-electron chi connectivity index (χ1n) is 4.33. The van der Waals surface area contributed by atoms with E-state index in [1.807, 2.05) is 0 Å². The maximum atomic E-state index is 3.86. The Morgan fingerprint density at radius 3 is 2.91 bits per heavy atom. The van der Waals surface area contributed by atoms with Crippen LogP contribution >= 0.6 is 0 Å². The number of hydrogen-bond donors (Lipinski definition) is 0. The number of likely N-dealkylation sites (N-methyl/N-ethyl adjacent to an activating group) is 1. The summed E-state index contributed by atoms with van der Waals surface area (Å²) in [5.41, 5.74) is 0. The van der Waals surface area contributed by atoms with E-state index in [1.165, 1.54) is 36.6 Å². The maximum Gasteiger partial charge on any atom is 0.0793 e. The zero-order valence-electron chi connectivity index (χ0n) is 7.58. The van der Waals surface area contributed by atoms with Crippen LogP contribution in [-0.2, 0) is 0 Å². The zero-order valence-corrected chi connectivity index (χ0v) is 9.58. The molecule has 11 heavy (non-hydrogen) atoms. The molecule has 0 radical (unpaired) electrons. The van der Waals surface area contributed by atoms with E-state index in [0.717, 1.165) is 0 Å². The molecule has 0 aromatic carbocycles. The van der Waals surface area contributed by atoms with Crippen LogP contribution in [0.25, 0.3) is 0 Å². The van der Waals surface area contributed by atoms with Crippen LogP contribution in [0.1, 0.15) is 6.92 Å². The minimum absolute atomic E-state index is 0.621. The quantitative estimate of drug-likeness (QED) is 0.406. The van der Waals surface area contributed by atoms with Crippen molar-refractivity contribution < 1.29 is 0 Å². The predicted molar refractivity (Wildman–Crippen MR) is 52.7 cm³/mol. The highest BCUT2D eigenvalue weighted by Crippen LogP contribution is 2.06. The summed E-state index contributed by atoms with van der Waals surface area (Å²) >= 11 is 0. The molecule has 1 aliphatic rings. The summed E-state index contributed by atoms with van der Waals surface area (Å²) < 4.78 is 2.50. The molecule has 0 saturated carbocycles. The van der Waals surface area contributed by atoms with Gasteiger partial charge in [0.15, 0.2) is 0 Å². The fraction of sp³-hybridized carbons (Fsp3) is 0.750. The van der Waals surface area contributed by atoms with E-state index in [0.29, 0.717) is 6.04 Å². The van der Waals surface area contributed by atoms with Crippen LogP contribution in [0.15, 0.2) is 12.7 Å². The second-order valence-electron chi connectivity index (χ2n) is 3.18. The molecule has 1 saturated heterocycles. The van der Waals surface area contributed by atoms with Gasteiger partial charge >= 0.3 is 0 Å². The Hall–Kier alpha value is -0.123. The first kappa shape index (κ1) is 8.97. The molecule has 1 fully saturated rings. The van der Waals surface area contributed by atoms with Crippen LogP contribution in [0.5, 0.6) is 0 Å². The minimum Gasteiger partial charge on any atom is -0.324 e. The van der Waals surface area contributed by atoms with Gasteiger partial charge in [0.1, 0.15) is 0 Å². The van der Waals surface area contributed by atoms with Crippen LogP contribution in [0, 0.1) is 0 Å². The molecule has 64 valence electrons. The van der Waals surface area contributed by atoms with E-state index in [1.54, 1.807) is 0 Å². The molecule has 0 aliphatic carbocycles. The standard InChI is InChI=1S/C8H18N2Si/c1-3-8-7-9(4-2)5-6-10(8)11/h3,8H,1,4-7H2,2,11H3. The summed E-state index contributed by atoms with van der Waals surface area (Å²) in [6.45, 7) is 10.9. The van der Waals surface area contributed by atoms with Gasteiger partial charge in [-0.2, -0.15) is 0 Å². The van der Waals surface area contributed by atoms with Crippen molar-refractivity contribution in [1.82, 2.24) is 9.47 Å². The Kier molecular flexibility index (Phi) is 3.30. The molecule has 0 N–H and O–H groups in total. The smallest absolute Gasteiger partial charge is 0.0793 e. The second-order valence-corrected chi connectivity index (χ2v) is 4.33. The highest BCUT2D eigenvalue weighted by molar-refractivity contribution is 6.04. The summed E-state index contributed by atoms with van der Waals surface area (Å²) in [7, 11) is 1.17. The van der Waals surface area contributed by atoms with Crippen LogP contribution in [0.3, 0.4) is 0 Å². The summed E-state index contributed by atoms with van der Waals surface area (Å²) in [6, 6.07) is 0.621. The number of hydrogen-bond acceptors (Lipinski definition) is 2. The van der Waals surface area contributed by atoms with E-state index in [2.05, 4.69) is 29.0 Å². The van der Waals surface area contributed by atoms with Crippen LogP contribution in [-0.4, -0.2) is 52.1 Å². The van der Waals surface area contributed by atoms with E-state index < -0.39 is 0 Å². The molecule has 0 amide bonds. The van der Waals surface area contributed by atoms with Crippen molar-refractivity contribution in [3.05, 3.63) is 12.7 Å². The third-order valence-corrected chi connectivity index (χ3v) is 3.61. The van der Waals surface area contributed by atoms with Crippen molar-refractivity contribution in [2.24, 2.45) is 0 Å². The first-order chi connectivity index (χ1) is 5.27. The summed E-state index contributed by atoms with van der Waals surface area (Å²) in [4.78, 5) is 2.49. The van der Waals surface area contributed by atoms with Gasteiger partial charge in [0, 0.05) is 25.7 Å². The first-order valence-corrected chi connectivity index (χ1v) is 5.22. The lowest BCUT2D eigenvalue weighted by atomic mass is 10.2. The van der Waals surface area contributed by atoms with Gasteiger partial charge in [-0.05, 0) is 6.54 Å². The highest BCUT2D eigenvalue weighted by Gasteiger charge is 2.19. The summed E-state index contributed by atoms with van der Waals surface area (Å²) in [5.74, 6) is 0. The number of piperazine rings is 1. The van der Waals surface area contributed by atoms with Crippen molar-refractivity contribution >= 4 is 10.4 Å². The molecule has 2 nitrogen and oxygen atoms in total. The van der Waals surface area contributed by atoms with Crippen LogP contribution < -0.4 is 0 Å². The Balaban J connectivity index is 2.43. The van der Waals surface area contributed by atoms with Crippen molar-refractivity contribution in [2.75, 3.05) is 26.2 Å². The molecule has 1 heterocycles. The molecule has 0 bridgehead atoms. The Labute approximate surface area is 72.4 Å². The van der Waals surface area contributed by atoms with Gasteiger partial charge in [-0.3, -0.25) is 0 Å². The Morgan fingerprint density at radius 2 is 2.36 bits per heavy atom.